The van der Waals surface area contributed by atoms with Gasteiger partial charge in [-0.3, -0.25) is 4.98 Å². The van der Waals surface area contributed by atoms with Gasteiger partial charge in [-0.1, -0.05) is 88.7 Å². The molecular formula is C28H17BrN2. The molecule has 4 aromatic carbocycles. The number of pyridine rings is 2. The van der Waals surface area contributed by atoms with Gasteiger partial charge in [0.15, 0.2) is 0 Å². The van der Waals surface area contributed by atoms with Crippen LogP contribution in [0.4, 0.5) is 0 Å². The number of nitrogens with zero attached hydrogens (tertiary/aromatic N) is 2. The van der Waals surface area contributed by atoms with Crippen LogP contribution in [0.2, 0.25) is 0 Å². The summed E-state index contributed by atoms with van der Waals surface area (Å²) in [4.78, 5) is 9.67. The van der Waals surface area contributed by atoms with Gasteiger partial charge in [0.2, 0.25) is 0 Å². The molecule has 0 spiro atoms. The fourth-order valence-electron chi connectivity index (χ4n) is 4.28. The third kappa shape index (κ3) is 3.09. The molecule has 0 amide bonds. The Morgan fingerprint density at radius 1 is 0.548 bits per heavy atom. The molecule has 0 saturated carbocycles. The van der Waals surface area contributed by atoms with Gasteiger partial charge in [0.05, 0.1) is 16.7 Å². The summed E-state index contributed by atoms with van der Waals surface area (Å²) < 4.78 is 1.08. The van der Waals surface area contributed by atoms with Gasteiger partial charge in [0.1, 0.15) is 0 Å². The summed E-state index contributed by atoms with van der Waals surface area (Å²) >= 11 is 3.53. The van der Waals surface area contributed by atoms with E-state index in [0.29, 0.717) is 0 Å². The van der Waals surface area contributed by atoms with Gasteiger partial charge >= 0.3 is 0 Å². The molecule has 2 heterocycles. The van der Waals surface area contributed by atoms with E-state index in [1.807, 2.05) is 12.3 Å². The first-order valence-electron chi connectivity index (χ1n) is 10.2. The number of fused-ring (bicyclic) bond motifs is 4. The molecule has 0 atom stereocenters. The summed E-state index contributed by atoms with van der Waals surface area (Å²) in [6, 6.07) is 33.9. The molecular weight excluding hydrogens is 444 g/mol. The first kappa shape index (κ1) is 18.2. The number of hydrogen-bond acceptors (Lipinski definition) is 2. The van der Waals surface area contributed by atoms with E-state index >= 15 is 0 Å². The van der Waals surface area contributed by atoms with Crippen molar-refractivity contribution in [2.75, 3.05) is 0 Å². The summed E-state index contributed by atoms with van der Waals surface area (Å²) in [6.07, 6.45) is 1.83. The summed E-state index contributed by atoms with van der Waals surface area (Å²) in [5.74, 6) is 0. The van der Waals surface area contributed by atoms with Gasteiger partial charge in [-0.2, -0.15) is 0 Å². The maximum Gasteiger partial charge on any atom is 0.0972 e. The van der Waals surface area contributed by atoms with Crippen LogP contribution in [0.5, 0.6) is 0 Å². The molecule has 0 aliphatic carbocycles. The minimum atomic E-state index is 0.941. The lowest BCUT2D eigenvalue weighted by atomic mass is 9.93. The average molecular weight is 461 g/mol. The highest BCUT2D eigenvalue weighted by molar-refractivity contribution is 9.10. The van der Waals surface area contributed by atoms with Gasteiger partial charge in [0, 0.05) is 27.0 Å². The molecule has 3 heteroatoms. The molecule has 0 N–H and O–H groups in total. The predicted molar refractivity (Wildman–Crippen MR) is 133 cm³/mol. The van der Waals surface area contributed by atoms with Crippen molar-refractivity contribution in [1.82, 2.24) is 9.97 Å². The lowest BCUT2D eigenvalue weighted by Gasteiger charge is -2.12. The highest BCUT2D eigenvalue weighted by Gasteiger charge is 2.12. The maximum absolute atomic E-state index is 5.07. The summed E-state index contributed by atoms with van der Waals surface area (Å²) in [7, 11) is 0. The second-order valence-corrected chi connectivity index (χ2v) is 8.54. The van der Waals surface area contributed by atoms with Crippen LogP contribution in [0.15, 0.2) is 108 Å². The molecule has 0 fully saturated rings. The second kappa shape index (κ2) is 7.29. The van der Waals surface area contributed by atoms with Crippen LogP contribution < -0.4 is 0 Å². The average Bonchev–Trinajstić information content (AvgIpc) is 2.83. The van der Waals surface area contributed by atoms with E-state index in [1.54, 1.807) is 0 Å². The van der Waals surface area contributed by atoms with Crippen molar-refractivity contribution in [1.29, 1.82) is 0 Å². The van der Waals surface area contributed by atoms with Gasteiger partial charge < -0.3 is 0 Å². The Kier molecular flexibility index (Phi) is 4.29. The van der Waals surface area contributed by atoms with Crippen molar-refractivity contribution in [2.24, 2.45) is 0 Å². The number of rotatable bonds is 2. The highest BCUT2D eigenvalue weighted by atomic mass is 79.9. The van der Waals surface area contributed by atoms with Crippen molar-refractivity contribution in [3.05, 3.63) is 108 Å². The fraction of sp³-hybridized carbons (Fsp3) is 0. The van der Waals surface area contributed by atoms with Crippen molar-refractivity contribution in [3.8, 4) is 22.4 Å². The molecule has 0 radical (unpaired) electrons. The number of aromatic nitrogens is 2. The summed E-state index contributed by atoms with van der Waals surface area (Å²) in [6.45, 7) is 0. The fourth-order valence-corrected chi connectivity index (χ4v) is 4.54. The molecule has 6 aromatic rings. The summed E-state index contributed by atoms with van der Waals surface area (Å²) in [5.41, 5.74) is 6.40. The van der Waals surface area contributed by atoms with Gasteiger partial charge in [0.25, 0.3) is 0 Å². The lowest BCUT2D eigenvalue weighted by molar-refractivity contribution is 1.37. The monoisotopic (exact) mass is 460 g/mol. The van der Waals surface area contributed by atoms with Gasteiger partial charge in [-0.15, -0.1) is 0 Å². The van der Waals surface area contributed by atoms with Crippen molar-refractivity contribution >= 4 is 48.5 Å². The Bertz CT molecular complexity index is 1590. The Hall–Kier alpha value is -3.56. The Balaban J connectivity index is 1.60. The quantitative estimate of drug-likeness (QED) is 0.244. The zero-order valence-corrected chi connectivity index (χ0v) is 18.2. The molecule has 0 bridgehead atoms. The van der Waals surface area contributed by atoms with E-state index in [-0.39, 0.29) is 0 Å². The smallest absolute Gasteiger partial charge is 0.0972 e. The van der Waals surface area contributed by atoms with Crippen LogP contribution >= 0.6 is 15.9 Å². The first-order chi connectivity index (χ1) is 15.3. The van der Waals surface area contributed by atoms with Crippen LogP contribution in [0.3, 0.4) is 0 Å². The predicted octanol–water partition coefficient (Wildman–Crippen LogP) is 8.03. The van der Waals surface area contributed by atoms with Crippen molar-refractivity contribution in [3.63, 3.8) is 0 Å². The van der Waals surface area contributed by atoms with E-state index in [4.69, 9.17) is 4.98 Å². The Morgan fingerprint density at radius 2 is 1.23 bits per heavy atom. The number of benzene rings is 4. The minimum Gasteiger partial charge on any atom is -0.254 e. The molecule has 0 saturated heterocycles. The van der Waals surface area contributed by atoms with E-state index in [2.05, 4.69) is 112 Å². The van der Waals surface area contributed by atoms with E-state index in [9.17, 15) is 0 Å². The van der Waals surface area contributed by atoms with E-state index in [1.165, 1.54) is 21.9 Å². The van der Waals surface area contributed by atoms with Gasteiger partial charge in [-0.25, -0.2) is 4.98 Å². The van der Waals surface area contributed by atoms with Crippen LogP contribution in [0.25, 0.3) is 55.0 Å². The molecule has 0 aliphatic heterocycles. The zero-order chi connectivity index (χ0) is 20.8. The molecule has 2 nitrogen and oxygen atoms in total. The third-order valence-electron chi connectivity index (χ3n) is 5.79. The lowest BCUT2D eigenvalue weighted by Crippen LogP contribution is -1.91. The van der Waals surface area contributed by atoms with Crippen LogP contribution in [0, 0.1) is 0 Å². The standard InChI is InChI=1S/C28H17BrN2/c29-21-12-9-18(10-13-21)22-14-15-25(24-6-2-1-5-23(22)24)26-16-11-20-8-7-19-4-3-17-30-27(19)28(20)31-26/h1-17H. The molecule has 6 rings (SSSR count). The Morgan fingerprint density at radius 3 is 2.03 bits per heavy atom. The van der Waals surface area contributed by atoms with Crippen LogP contribution in [0.1, 0.15) is 0 Å². The molecule has 0 unspecified atom stereocenters. The minimum absolute atomic E-state index is 0.941. The van der Waals surface area contributed by atoms with E-state index in [0.717, 1.165) is 37.5 Å². The topological polar surface area (TPSA) is 25.8 Å². The Labute approximate surface area is 188 Å². The largest absolute Gasteiger partial charge is 0.254 e. The van der Waals surface area contributed by atoms with Crippen molar-refractivity contribution in [2.45, 2.75) is 0 Å². The molecule has 146 valence electrons. The number of hydrogen-bond donors (Lipinski definition) is 0. The molecule has 2 aromatic heterocycles. The normalized spacial score (nSPS) is 11.4. The van der Waals surface area contributed by atoms with Gasteiger partial charge in [-0.05, 0) is 46.2 Å². The second-order valence-electron chi connectivity index (χ2n) is 7.62. The molecule has 31 heavy (non-hydrogen) atoms. The van der Waals surface area contributed by atoms with Crippen LogP contribution in [-0.2, 0) is 0 Å². The number of halogens is 1. The first-order valence-corrected chi connectivity index (χ1v) is 11.0. The maximum atomic E-state index is 5.07. The zero-order valence-electron chi connectivity index (χ0n) is 16.6. The van der Waals surface area contributed by atoms with Crippen LogP contribution in [-0.4, -0.2) is 9.97 Å². The van der Waals surface area contributed by atoms with Crippen molar-refractivity contribution < 1.29 is 0 Å². The third-order valence-corrected chi connectivity index (χ3v) is 6.32. The van der Waals surface area contributed by atoms with E-state index < -0.39 is 0 Å². The molecule has 0 aliphatic rings. The SMILES string of the molecule is Brc1ccc(-c2ccc(-c3ccc4ccc5cccnc5c4n3)c3ccccc23)cc1. The summed E-state index contributed by atoms with van der Waals surface area (Å²) in [5, 5.41) is 4.63. The highest BCUT2D eigenvalue weighted by Crippen LogP contribution is 2.36.